The van der Waals surface area contributed by atoms with Gasteiger partial charge < -0.3 is 10.2 Å². The molecule has 1 aliphatic carbocycles. The molecule has 17 heavy (non-hydrogen) atoms. The van der Waals surface area contributed by atoms with Gasteiger partial charge in [0, 0.05) is 12.6 Å². The largest absolute Gasteiger partial charge is 0.465 e. The third-order valence-electron chi connectivity index (χ3n) is 3.04. The van der Waals surface area contributed by atoms with Crippen molar-refractivity contribution < 1.29 is 12.8 Å². The maximum Gasteiger partial charge on any atom is 0.244 e. The van der Waals surface area contributed by atoms with E-state index in [0.717, 1.165) is 12.8 Å². The summed E-state index contributed by atoms with van der Waals surface area (Å²) in [5.41, 5.74) is 5.59. The third kappa shape index (κ3) is 2.70. The van der Waals surface area contributed by atoms with E-state index >= 15 is 0 Å². The zero-order chi connectivity index (χ0) is 12.6. The molecule has 1 unspecified atom stereocenters. The summed E-state index contributed by atoms with van der Waals surface area (Å²) in [7, 11) is -3.51. The van der Waals surface area contributed by atoms with Gasteiger partial charge in [-0.1, -0.05) is 0 Å². The van der Waals surface area contributed by atoms with Gasteiger partial charge >= 0.3 is 0 Å². The van der Waals surface area contributed by atoms with Crippen LogP contribution in [0.25, 0.3) is 0 Å². The first-order chi connectivity index (χ1) is 7.94. The number of furan rings is 1. The van der Waals surface area contributed by atoms with Crippen LogP contribution in [0.3, 0.4) is 0 Å². The molecule has 0 aromatic carbocycles. The maximum absolute atomic E-state index is 12.1. The highest BCUT2D eigenvalue weighted by atomic mass is 32.2. The van der Waals surface area contributed by atoms with Crippen molar-refractivity contribution in [1.82, 2.24) is 4.72 Å². The first-order valence-electron chi connectivity index (χ1n) is 5.73. The number of aryl methyl sites for hydroxylation is 2. The molecule has 0 spiro atoms. The minimum atomic E-state index is -3.51. The number of nitrogens with one attached hydrogen (secondary N) is 1. The summed E-state index contributed by atoms with van der Waals surface area (Å²) in [5, 5.41) is 0. The Morgan fingerprint density at radius 1 is 1.53 bits per heavy atom. The lowest BCUT2D eigenvalue weighted by atomic mass is 10.2. The lowest BCUT2D eigenvalue weighted by Crippen LogP contribution is -2.41. The van der Waals surface area contributed by atoms with Crippen LogP contribution in [-0.4, -0.2) is 21.0 Å². The van der Waals surface area contributed by atoms with Gasteiger partial charge in [0.15, 0.2) is 0 Å². The summed E-state index contributed by atoms with van der Waals surface area (Å²) in [6.07, 6.45) is 2.10. The van der Waals surface area contributed by atoms with E-state index in [4.69, 9.17) is 10.2 Å². The predicted molar refractivity (Wildman–Crippen MR) is 64.1 cm³/mol. The molecule has 6 heteroatoms. The van der Waals surface area contributed by atoms with Crippen LogP contribution in [0, 0.1) is 19.8 Å². The molecule has 96 valence electrons. The Labute approximate surface area is 101 Å². The van der Waals surface area contributed by atoms with Crippen molar-refractivity contribution in [1.29, 1.82) is 0 Å². The number of nitrogens with two attached hydrogens (primary N) is 1. The number of rotatable bonds is 5. The Balaban J connectivity index is 2.21. The molecule has 3 N–H and O–H groups in total. The predicted octanol–water partition coefficient (Wildman–Crippen LogP) is 0.912. The Hall–Kier alpha value is -0.850. The molecule has 1 aromatic rings. The van der Waals surface area contributed by atoms with E-state index in [0.29, 0.717) is 24.0 Å². The summed E-state index contributed by atoms with van der Waals surface area (Å²) in [4.78, 5) is 0.217. The molecule has 1 atom stereocenters. The fourth-order valence-corrected chi connectivity index (χ4v) is 3.53. The SMILES string of the molecule is Cc1cc(S(=O)(=O)NC(CN)C2CC2)c(C)o1. The van der Waals surface area contributed by atoms with Gasteiger partial charge in [-0.2, -0.15) is 0 Å². The summed E-state index contributed by atoms with van der Waals surface area (Å²) in [6.45, 7) is 3.71. The van der Waals surface area contributed by atoms with E-state index in [1.165, 1.54) is 6.07 Å². The minimum Gasteiger partial charge on any atom is -0.465 e. The van der Waals surface area contributed by atoms with Gasteiger partial charge in [-0.05, 0) is 38.7 Å². The van der Waals surface area contributed by atoms with Crippen molar-refractivity contribution >= 4 is 10.0 Å². The molecule has 0 radical (unpaired) electrons. The summed E-state index contributed by atoms with van der Waals surface area (Å²) in [6, 6.07) is 1.38. The van der Waals surface area contributed by atoms with Crippen LogP contribution < -0.4 is 10.5 Å². The van der Waals surface area contributed by atoms with Gasteiger partial charge in [0.1, 0.15) is 16.4 Å². The van der Waals surface area contributed by atoms with E-state index in [1.54, 1.807) is 13.8 Å². The topological polar surface area (TPSA) is 85.3 Å². The molecule has 0 aliphatic heterocycles. The highest BCUT2D eigenvalue weighted by Gasteiger charge is 2.34. The fourth-order valence-electron chi connectivity index (χ4n) is 1.97. The van der Waals surface area contributed by atoms with Gasteiger partial charge in [-0.25, -0.2) is 13.1 Å². The smallest absolute Gasteiger partial charge is 0.244 e. The Morgan fingerprint density at radius 2 is 2.18 bits per heavy atom. The first kappa shape index (κ1) is 12.6. The second-order valence-electron chi connectivity index (χ2n) is 4.58. The average molecular weight is 258 g/mol. The van der Waals surface area contributed by atoms with Crippen molar-refractivity contribution in [3.8, 4) is 0 Å². The monoisotopic (exact) mass is 258 g/mol. The molecular formula is C11H18N2O3S. The molecule has 1 fully saturated rings. The van der Waals surface area contributed by atoms with Crippen LogP contribution in [0.15, 0.2) is 15.4 Å². The van der Waals surface area contributed by atoms with Gasteiger partial charge in [-0.15, -0.1) is 0 Å². The Morgan fingerprint density at radius 3 is 2.59 bits per heavy atom. The van der Waals surface area contributed by atoms with Crippen LogP contribution in [0.4, 0.5) is 0 Å². The van der Waals surface area contributed by atoms with Crippen molar-refractivity contribution in [3.63, 3.8) is 0 Å². The molecule has 5 nitrogen and oxygen atoms in total. The lowest BCUT2D eigenvalue weighted by Gasteiger charge is -2.15. The van der Waals surface area contributed by atoms with E-state index in [1.807, 2.05) is 0 Å². The van der Waals surface area contributed by atoms with Crippen LogP contribution in [-0.2, 0) is 10.0 Å². The Kier molecular flexibility index (Phi) is 3.29. The van der Waals surface area contributed by atoms with Crippen molar-refractivity contribution in [2.75, 3.05) is 6.54 Å². The van der Waals surface area contributed by atoms with E-state index in [-0.39, 0.29) is 10.9 Å². The van der Waals surface area contributed by atoms with Gasteiger partial charge in [0.05, 0.1) is 0 Å². The summed E-state index contributed by atoms with van der Waals surface area (Å²) >= 11 is 0. The number of hydrogen-bond donors (Lipinski definition) is 2. The molecule has 1 aromatic heterocycles. The van der Waals surface area contributed by atoms with Crippen molar-refractivity contribution in [3.05, 3.63) is 17.6 Å². The molecule has 2 rings (SSSR count). The van der Waals surface area contributed by atoms with Gasteiger partial charge in [0.2, 0.25) is 10.0 Å². The Bertz CT molecular complexity index is 503. The molecule has 0 bridgehead atoms. The molecule has 0 saturated heterocycles. The minimum absolute atomic E-state index is 0.158. The molecule has 1 saturated carbocycles. The standard InChI is InChI=1S/C11H18N2O3S/c1-7-5-11(8(2)16-7)17(14,15)13-10(6-12)9-3-4-9/h5,9-10,13H,3-4,6,12H2,1-2H3. The zero-order valence-electron chi connectivity index (χ0n) is 10.1. The van der Waals surface area contributed by atoms with Crippen molar-refractivity contribution in [2.24, 2.45) is 11.7 Å². The number of hydrogen-bond acceptors (Lipinski definition) is 4. The normalized spacial score (nSPS) is 18.3. The van der Waals surface area contributed by atoms with E-state index in [9.17, 15) is 8.42 Å². The van der Waals surface area contributed by atoms with Crippen LogP contribution in [0.2, 0.25) is 0 Å². The average Bonchev–Trinajstić information content (AvgIpc) is 3.01. The zero-order valence-corrected chi connectivity index (χ0v) is 10.9. The van der Waals surface area contributed by atoms with E-state index < -0.39 is 10.0 Å². The van der Waals surface area contributed by atoms with Crippen LogP contribution in [0.5, 0.6) is 0 Å². The second kappa shape index (κ2) is 4.44. The fraction of sp³-hybridized carbons (Fsp3) is 0.636. The summed E-state index contributed by atoms with van der Waals surface area (Å²) in [5.74, 6) is 1.41. The van der Waals surface area contributed by atoms with Gasteiger partial charge in [0.25, 0.3) is 0 Å². The third-order valence-corrected chi connectivity index (χ3v) is 4.63. The first-order valence-corrected chi connectivity index (χ1v) is 7.22. The van der Waals surface area contributed by atoms with Crippen LogP contribution in [0.1, 0.15) is 24.4 Å². The molecule has 1 aliphatic rings. The lowest BCUT2D eigenvalue weighted by molar-refractivity contribution is 0.491. The second-order valence-corrected chi connectivity index (χ2v) is 6.26. The van der Waals surface area contributed by atoms with E-state index in [2.05, 4.69) is 4.72 Å². The molecule has 0 amide bonds. The molecular weight excluding hydrogens is 240 g/mol. The van der Waals surface area contributed by atoms with Crippen molar-refractivity contribution in [2.45, 2.75) is 37.6 Å². The molecule has 1 heterocycles. The summed E-state index contributed by atoms with van der Waals surface area (Å²) < 4.78 is 32.2. The quantitative estimate of drug-likeness (QED) is 0.822. The highest BCUT2D eigenvalue weighted by Crippen LogP contribution is 2.33. The maximum atomic E-state index is 12.1. The van der Waals surface area contributed by atoms with Gasteiger partial charge in [-0.3, -0.25) is 0 Å². The number of sulfonamides is 1. The highest BCUT2D eigenvalue weighted by molar-refractivity contribution is 7.89. The van der Waals surface area contributed by atoms with Crippen LogP contribution >= 0.6 is 0 Å².